The SMILES string of the molecule is COc1ccc([C@@H](C)NC(=S)NCCC[NH+](C)C)cc1Br. The third-order valence-corrected chi connectivity index (χ3v) is 4.04. The normalized spacial score (nSPS) is 12.1. The molecule has 0 radical (unpaired) electrons. The molecule has 0 bridgehead atoms. The van der Waals surface area contributed by atoms with Crippen molar-refractivity contribution in [3.63, 3.8) is 0 Å². The van der Waals surface area contributed by atoms with E-state index in [1.165, 1.54) is 4.90 Å². The van der Waals surface area contributed by atoms with Gasteiger partial charge in [0.15, 0.2) is 5.11 Å². The number of quaternary nitrogens is 1. The zero-order chi connectivity index (χ0) is 15.8. The van der Waals surface area contributed by atoms with Crippen molar-refractivity contribution in [1.29, 1.82) is 0 Å². The summed E-state index contributed by atoms with van der Waals surface area (Å²) in [6, 6.07) is 6.19. The molecule has 1 rings (SSSR count). The zero-order valence-corrected chi connectivity index (χ0v) is 15.5. The van der Waals surface area contributed by atoms with Gasteiger partial charge in [-0.2, -0.15) is 0 Å². The maximum Gasteiger partial charge on any atom is 0.166 e. The van der Waals surface area contributed by atoms with Gasteiger partial charge in [-0.05, 0) is 52.8 Å². The highest BCUT2D eigenvalue weighted by Gasteiger charge is 2.09. The van der Waals surface area contributed by atoms with Gasteiger partial charge in [-0.1, -0.05) is 6.07 Å². The minimum atomic E-state index is 0.145. The van der Waals surface area contributed by atoms with Gasteiger partial charge >= 0.3 is 0 Å². The van der Waals surface area contributed by atoms with Crippen LogP contribution in [0.15, 0.2) is 22.7 Å². The Bertz CT molecular complexity index is 468. The Hall–Kier alpha value is -0.850. The number of benzene rings is 1. The fraction of sp³-hybridized carbons (Fsp3) is 0.533. The molecular weight excluding hydrogens is 350 g/mol. The lowest BCUT2D eigenvalue weighted by atomic mass is 10.1. The summed E-state index contributed by atoms with van der Waals surface area (Å²) in [4.78, 5) is 1.45. The molecule has 3 N–H and O–H groups in total. The van der Waals surface area contributed by atoms with Crippen LogP contribution in [0.3, 0.4) is 0 Å². The van der Waals surface area contributed by atoms with Crippen LogP contribution in [0.25, 0.3) is 0 Å². The fourth-order valence-corrected chi connectivity index (χ4v) is 2.76. The molecule has 1 aromatic rings. The third kappa shape index (κ3) is 6.63. The molecule has 0 saturated carbocycles. The van der Waals surface area contributed by atoms with Gasteiger partial charge in [0, 0.05) is 13.0 Å². The predicted octanol–water partition coefficient (Wildman–Crippen LogP) is 1.52. The lowest BCUT2D eigenvalue weighted by Gasteiger charge is -2.18. The minimum Gasteiger partial charge on any atom is -0.496 e. The molecule has 1 atom stereocenters. The molecule has 0 saturated heterocycles. The van der Waals surface area contributed by atoms with E-state index in [-0.39, 0.29) is 6.04 Å². The molecule has 0 aliphatic heterocycles. The third-order valence-electron chi connectivity index (χ3n) is 3.16. The Balaban J connectivity index is 2.43. The number of rotatable bonds is 7. The van der Waals surface area contributed by atoms with Crippen molar-refractivity contribution in [2.24, 2.45) is 0 Å². The Kier molecular flexibility index (Phi) is 8.00. The first-order chi connectivity index (χ1) is 9.93. The van der Waals surface area contributed by atoms with Gasteiger partial charge in [0.1, 0.15) is 5.75 Å². The number of thiocarbonyl (C=S) groups is 1. The molecule has 0 fully saturated rings. The van der Waals surface area contributed by atoms with Gasteiger partial charge in [0.2, 0.25) is 0 Å². The van der Waals surface area contributed by atoms with E-state index in [4.69, 9.17) is 17.0 Å². The summed E-state index contributed by atoms with van der Waals surface area (Å²) in [7, 11) is 5.97. The smallest absolute Gasteiger partial charge is 0.166 e. The minimum absolute atomic E-state index is 0.145. The number of methoxy groups -OCH3 is 1. The Labute approximate surface area is 141 Å². The molecule has 1 aromatic carbocycles. The molecule has 0 aromatic heterocycles. The van der Waals surface area contributed by atoms with Gasteiger partial charge in [0.25, 0.3) is 0 Å². The summed E-state index contributed by atoms with van der Waals surface area (Å²) in [6.45, 7) is 4.12. The second-order valence-corrected chi connectivity index (χ2v) is 6.59. The standard InChI is InChI=1S/C15H24BrN3OS/c1-11(12-6-7-14(20-4)13(16)10-12)18-15(21)17-8-5-9-19(2)3/h6-7,10-11H,5,8-9H2,1-4H3,(H2,17,18,21)/p+1/t11-/m1/s1. The highest BCUT2D eigenvalue weighted by atomic mass is 79.9. The van der Waals surface area contributed by atoms with Crippen LogP contribution in [0.2, 0.25) is 0 Å². The molecule has 0 aliphatic carbocycles. The number of nitrogens with one attached hydrogen (secondary N) is 3. The molecule has 6 heteroatoms. The summed E-state index contributed by atoms with van der Waals surface area (Å²) >= 11 is 8.83. The molecule has 21 heavy (non-hydrogen) atoms. The van der Waals surface area contributed by atoms with Gasteiger partial charge in [-0.25, -0.2) is 0 Å². The number of hydrogen-bond donors (Lipinski definition) is 3. The number of halogens is 1. The first-order valence-corrected chi connectivity index (χ1v) is 8.31. The van der Waals surface area contributed by atoms with Gasteiger partial charge in [-0.15, -0.1) is 0 Å². The zero-order valence-electron chi connectivity index (χ0n) is 13.1. The molecule has 4 nitrogen and oxygen atoms in total. The van der Waals surface area contributed by atoms with E-state index < -0.39 is 0 Å². The number of ether oxygens (including phenoxy) is 1. The van der Waals surface area contributed by atoms with Crippen molar-refractivity contribution in [3.8, 4) is 5.75 Å². The summed E-state index contributed by atoms with van der Waals surface area (Å²) in [5, 5.41) is 7.24. The first-order valence-electron chi connectivity index (χ1n) is 7.11. The Morgan fingerprint density at radius 3 is 2.71 bits per heavy atom. The lowest BCUT2D eigenvalue weighted by Crippen LogP contribution is -3.05. The van der Waals surface area contributed by atoms with Crippen molar-refractivity contribution in [2.75, 3.05) is 34.3 Å². The molecule has 0 heterocycles. The van der Waals surface area contributed by atoms with Crippen LogP contribution >= 0.6 is 28.1 Å². The van der Waals surface area contributed by atoms with Crippen molar-refractivity contribution in [1.82, 2.24) is 10.6 Å². The summed E-state index contributed by atoms with van der Waals surface area (Å²) in [5.41, 5.74) is 1.16. The topological polar surface area (TPSA) is 37.7 Å². The van der Waals surface area contributed by atoms with Crippen molar-refractivity contribution >= 4 is 33.3 Å². The van der Waals surface area contributed by atoms with Crippen LogP contribution in [0.5, 0.6) is 5.75 Å². The van der Waals surface area contributed by atoms with Crippen LogP contribution in [-0.4, -0.2) is 39.4 Å². The van der Waals surface area contributed by atoms with Crippen LogP contribution in [0, 0.1) is 0 Å². The predicted molar refractivity (Wildman–Crippen MR) is 95.1 cm³/mol. The van der Waals surface area contributed by atoms with E-state index in [1.54, 1.807) is 7.11 Å². The van der Waals surface area contributed by atoms with Crippen molar-refractivity contribution in [2.45, 2.75) is 19.4 Å². The summed E-state index contributed by atoms with van der Waals surface area (Å²) in [6.07, 6.45) is 1.10. The van der Waals surface area contributed by atoms with E-state index in [1.807, 2.05) is 12.1 Å². The fourth-order valence-electron chi connectivity index (χ4n) is 1.93. The van der Waals surface area contributed by atoms with Crippen LogP contribution in [-0.2, 0) is 0 Å². The van der Waals surface area contributed by atoms with E-state index in [0.717, 1.165) is 35.3 Å². The molecule has 0 spiro atoms. The molecule has 0 aliphatic rings. The highest BCUT2D eigenvalue weighted by molar-refractivity contribution is 9.10. The van der Waals surface area contributed by atoms with Crippen molar-refractivity contribution < 1.29 is 9.64 Å². The maximum atomic E-state index is 5.33. The van der Waals surface area contributed by atoms with Crippen LogP contribution < -0.4 is 20.3 Å². The van der Waals surface area contributed by atoms with Crippen LogP contribution in [0.1, 0.15) is 24.9 Å². The average Bonchev–Trinajstić information content (AvgIpc) is 2.43. The Morgan fingerprint density at radius 1 is 1.43 bits per heavy atom. The van der Waals surface area contributed by atoms with Crippen molar-refractivity contribution in [3.05, 3.63) is 28.2 Å². The van der Waals surface area contributed by atoms with Crippen LogP contribution in [0.4, 0.5) is 0 Å². The molecular formula is C15H25BrN3OS+. The van der Waals surface area contributed by atoms with E-state index in [0.29, 0.717) is 5.11 Å². The quantitative estimate of drug-likeness (QED) is 0.499. The first kappa shape index (κ1) is 18.2. The molecule has 118 valence electrons. The van der Waals surface area contributed by atoms with Gasteiger partial charge < -0.3 is 20.3 Å². The van der Waals surface area contributed by atoms with E-state index in [2.05, 4.69) is 53.6 Å². The van der Waals surface area contributed by atoms with Gasteiger partial charge in [-0.3, -0.25) is 0 Å². The maximum absolute atomic E-state index is 5.33. The summed E-state index contributed by atoms with van der Waals surface area (Å²) < 4.78 is 6.19. The van der Waals surface area contributed by atoms with E-state index in [9.17, 15) is 0 Å². The Morgan fingerprint density at radius 2 is 2.14 bits per heavy atom. The second kappa shape index (κ2) is 9.23. The average molecular weight is 375 g/mol. The number of hydrogen-bond acceptors (Lipinski definition) is 2. The molecule has 0 unspecified atom stereocenters. The summed E-state index contributed by atoms with van der Waals surface area (Å²) in [5.74, 6) is 0.831. The highest BCUT2D eigenvalue weighted by Crippen LogP contribution is 2.27. The monoisotopic (exact) mass is 374 g/mol. The van der Waals surface area contributed by atoms with Gasteiger partial charge in [0.05, 0.1) is 38.3 Å². The largest absolute Gasteiger partial charge is 0.496 e. The molecule has 0 amide bonds. The second-order valence-electron chi connectivity index (χ2n) is 5.33. The lowest BCUT2D eigenvalue weighted by molar-refractivity contribution is -0.858. The van der Waals surface area contributed by atoms with E-state index >= 15 is 0 Å².